The van der Waals surface area contributed by atoms with Gasteiger partial charge >= 0.3 is 0 Å². The third kappa shape index (κ3) is 5.02. The third-order valence-corrected chi connectivity index (χ3v) is 4.94. The summed E-state index contributed by atoms with van der Waals surface area (Å²) in [6.07, 6.45) is 2.36. The second kappa shape index (κ2) is 9.87. The minimum Gasteiger partial charge on any atom is -0.496 e. The van der Waals surface area contributed by atoms with E-state index in [0.29, 0.717) is 5.75 Å². The Morgan fingerprint density at radius 3 is 2.54 bits per heavy atom. The number of ether oxygens (including phenoxy) is 2. The third-order valence-electron chi connectivity index (χ3n) is 3.83. The van der Waals surface area contributed by atoms with Crippen LogP contribution in [0.1, 0.15) is 25.0 Å². The number of thioether (sulfide) groups is 1. The lowest BCUT2D eigenvalue weighted by Crippen LogP contribution is -2.26. The van der Waals surface area contributed by atoms with Gasteiger partial charge in [-0.1, -0.05) is 25.1 Å². The van der Waals surface area contributed by atoms with Gasteiger partial charge in [-0.05, 0) is 37.6 Å². The van der Waals surface area contributed by atoms with Crippen LogP contribution in [-0.4, -0.2) is 31.6 Å². The molecule has 0 aliphatic heterocycles. The van der Waals surface area contributed by atoms with Crippen LogP contribution >= 0.6 is 11.8 Å². The number of methoxy groups -OCH3 is 2. The summed E-state index contributed by atoms with van der Waals surface area (Å²) in [6.45, 7) is 3.89. The number of carbonyl (C=O) groups is 1. The second-order valence-corrected chi connectivity index (χ2v) is 6.94. The van der Waals surface area contributed by atoms with Crippen LogP contribution in [0.3, 0.4) is 0 Å². The Morgan fingerprint density at radius 2 is 1.92 bits per heavy atom. The first kappa shape index (κ1) is 19.8. The number of carbonyl (C=O) groups excluding carboxylic acids is 1. The molecule has 2 rings (SSSR count). The van der Waals surface area contributed by atoms with Crippen molar-refractivity contribution in [2.75, 3.05) is 14.2 Å². The number of nitrogens with one attached hydrogen (secondary N) is 1. The SMILES string of the molecule is CCc1c(OC)ccc(/C=N\NC(=O)[C@@H](C)Sc2ccccc2)c1OC. The highest BCUT2D eigenvalue weighted by atomic mass is 32.2. The monoisotopic (exact) mass is 372 g/mol. The van der Waals surface area contributed by atoms with Gasteiger partial charge in [-0.2, -0.15) is 5.10 Å². The number of benzene rings is 2. The maximum absolute atomic E-state index is 12.2. The quantitative estimate of drug-likeness (QED) is 0.434. The van der Waals surface area contributed by atoms with Crippen LogP contribution in [0, 0.1) is 0 Å². The molecule has 2 aromatic rings. The van der Waals surface area contributed by atoms with Gasteiger partial charge < -0.3 is 9.47 Å². The molecule has 0 aromatic heterocycles. The number of amides is 1. The van der Waals surface area contributed by atoms with Crippen molar-refractivity contribution in [3.63, 3.8) is 0 Å². The molecule has 26 heavy (non-hydrogen) atoms. The van der Waals surface area contributed by atoms with Crippen molar-refractivity contribution in [3.05, 3.63) is 53.6 Å². The molecule has 1 atom stereocenters. The summed E-state index contributed by atoms with van der Waals surface area (Å²) in [6, 6.07) is 13.5. The lowest BCUT2D eigenvalue weighted by atomic mass is 10.1. The minimum absolute atomic E-state index is 0.154. The van der Waals surface area contributed by atoms with Crippen molar-refractivity contribution in [2.24, 2.45) is 5.10 Å². The first-order valence-corrected chi connectivity index (χ1v) is 9.27. The van der Waals surface area contributed by atoms with Crippen LogP contribution in [0.25, 0.3) is 0 Å². The van der Waals surface area contributed by atoms with Gasteiger partial charge in [0.25, 0.3) is 5.91 Å². The van der Waals surface area contributed by atoms with E-state index in [1.807, 2.05) is 56.3 Å². The minimum atomic E-state index is -0.251. The normalized spacial score (nSPS) is 12.0. The molecule has 6 heteroatoms. The fraction of sp³-hybridized carbons (Fsp3) is 0.300. The van der Waals surface area contributed by atoms with Crippen molar-refractivity contribution in [1.29, 1.82) is 0 Å². The van der Waals surface area contributed by atoms with E-state index < -0.39 is 0 Å². The van der Waals surface area contributed by atoms with Gasteiger partial charge in [-0.3, -0.25) is 4.79 Å². The van der Waals surface area contributed by atoms with Crippen LogP contribution < -0.4 is 14.9 Å². The predicted octanol–water partition coefficient (Wildman–Crippen LogP) is 3.90. The van der Waals surface area contributed by atoms with E-state index >= 15 is 0 Å². The van der Waals surface area contributed by atoms with Crippen LogP contribution in [0.2, 0.25) is 0 Å². The van der Waals surface area contributed by atoms with Crippen molar-refractivity contribution in [3.8, 4) is 11.5 Å². The Morgan fingerprint density at radius 1 is 1.19 bits per heavy atom. The second-order valence-electron chi connectivity index (χ2n) is 5.53. The smallest absolute Gasteiger partial charge is 0.253 e. The van der Waals surface area contributed by atoms with E-state index in [-0.39, 0.29) is 11.2 Å². The average Bonchev–Trinajstić information content (AvgIpc) is 2.67. The molecular weight excluding hydrogens is 348 g/mol. The molecule has 0 radical (unpaired) electrons. The highest BCUT2D eigenvalue weighted by Gasteiger charge is 2.14. The van der Waals surface area contributed by atoms with Gasteiger partial charge in [0.1, 0.15) is 11.5 Å². The molecule has 0 fully saturated rings. The molecule has 0 bridgehead atoms. The molecule has 1 amide bonds. The molecule has 0 aliphatic rings. The standard InChI is InChI=1S/C20H24N2O3S/c1-5-17-18(24-3)12-11-15(19(17)25-4)13-21-22-20(23)14(2)26-16-9-7-6-8-10-16/h6-14H,5H2,1-4H3,(H,22,23)/b21-13-/t14-/m1/s1. The zero-order valence-electron chi connectivity index (χ0n) is 15.5. The Kier molecular flexibility index (Phi) is 7.53. The molecule has 5 nitrogen and oxygen atoms in total. The molecule has 138 valence electrons. The summed E-state index contributed by atoms with van der Waals surface area (Å²) < 4.78 is 10.9. The summed E-state index contributed by atoms with van der Waals surface area (Å²) in [4.78, 5) is 13.3. The van der Waals surface area contributed by atoms with E-state index in [0.717, 1.165) is 28.2 Å². The summed E-state index contributed by atoms with van der Waals surface area (Å²) in [5.41, 5.74) is 4.35. The van der Waals surface area contributed by atoms with Crippen molar-refractivity contribution >= 4 is 23.9 Å². The number of nitrogens with zero attached hydrogens (tertiary/aromatic N) is 1. The van der Waals surface area contributed by atoms with E-state index in [1.165, 1.54) is 11.8 Å². The van der Waals surface area contributed by atoms with E-state index in [1.54, 1.807) is 20.4 Å². The lowest BCUT2D eigenvalue weighted by Gasteiger charge is -2.14. The van der Waals surface area contributed by atoms with Crippen LogP contribution in [0.4, 0.5) is 0 Å². The Labute approximate surface area is 158 Å². The topological polar surface area (TPSA) is 59.9 Å². The van der Waals surface area contributed by atoms with Crippen LogP contribution in [0.15, 0.2) is 52.5 Å². The summed E-state index contributed by atoms with van der Waals surface area (Å²) in [5, 5.41) is 3.83. The zero-order chi connectivity index (χ0) is 18.9. The van der Waals surface area contributed by atoms with Crippen LogP contribution in [0.5, 0.6) is 11.5 Å². The maximum Gasteiger partial charge on any atom is 0.253 e. The molecule has 1 N–H and O–H groups in total. The molecule has 0 saturated carbocycles. The molecule has 2 aromatic carbocycles. The van der Waals surface area contributed by atoms with Crippen molar-refractivity contribution in [1.82, 2.24) is 5.43 Å². The van der Waals surface area contributed by atoms with E-state index in [9.17, 15) is 4.79 Å². The van der Waals surface area contributed by atoms with Gasteiger partial charge in [0.15, 0.2) is 0 Å². The molecular formula is C20H24N2O3S. The average molecular weight is 372 g/mol. The van der Waals surface area contributed by atoms with E-state index in [2.05, 4.69) is 10.5 Å². The van der Waals surface area contributed by atoms with Crippen molar-refractivity contribution in [2.45, 2.75) is 30.4 Å². The van der Waals surface area contributed by atoms with Crippen LogP contribution in [-0.2, 0) is 11.2 Å². The Balaban J connectivity index is 2.04. The summed E-state index contributed by atoms with van der Waals surface area (Å²) >= 11 is 1.49. The summed E-state index contributed by atoms with van der Waals surface area (Å²) in [7, 11) is 3.25. The van der Waals surface area contributed by atoms with Gasteiger partial charge in [-0.25, -0.2) is 5.43 Å². The van der Waals surface area contributed by atoms with E-state index in [4.69, 9.17) is 9.47 Å². The largest absolute Gasteiger partial charge is 0.496 e. The van der Waals surface area contributed by atoms with Gasteiger partial charge in [0.05, 0.1) is 25.7 Å². The number of hydrogen-bond acceptors (Lipinski definition) is 5. The van der Waals surface area contributed by atoms with Crippen molar-refractivity contribution < 1.29 is 14.3 Å². The number of hydrogen-bond donors (Lipinski definition) is 1. The zero-order valence-corrected chi connectivity index (χ0v) is 16.3. The van der Waals surface area contributed by atoms with Gasteiger partial charge in [-0.15, -0.1) is 11.8 Å². The lowest BCUT2D eigenvalue weighted by molar-refractivity contribution is -0.120. The predicted molar refractivity (Wildman–Crippen MR) is 106 cm³/mol. The fourth-order valence-electron chi connectivity index (χ4n) is 2.51. The molecule has 0 aliphatic carbocycles. The first-order valence-electron chi connectivity index (χ1n) is 8.39. The molecule has 0 spiro atoms. The molecule has 0 unspecified atom stereocenters. The van der Waals surface area contributed by atoms with Gasteiger partial charge in [0.2, 0.25) is 0 Å². The molecule has 0 saturated heterocycles. The Hall–Kier alpha value is -2.47. The molecule has 0 heterocycles. The Bertz CT molecular complexity index is 763. The van der Waals surface area contributed by atoms with Gasteiger partial charge in [0, 0.05) is 16.0 Å². The highest BCUT2D eigenvalue weighted by Crippen LogP contribution is 2.31. The fourth-order valence-corrected chi connectivity index (χ4v) is 3.39. The highest BCUT2D eigenvalue weighted by molar-refractivity contribution is 8.00. The number of hydrazone groups is 1. The first-order chi connectivity index (χ1) is 12.6. The maximum atomic E-state index is 12.2. The number of rotatable bonds is 8. The summed E-state index contributed by atoms with van der Waals surface area (Å²) in [5.74, 6) is 1.33.